The molecule has 37 heavy (non-hydrogen) atoms. The van der Waals surface area contributed by atoms with Gasteiger partial charge in [0.15, 0.2) is 0 Å². The Bertz CT molecular complexity index is 2140. The zero-order valence-corrected chi connectivity index (χ0v) is 20.5. The van der Waals surface area contributed by atoms with E-state index in [0.29, 0.717) is 0 Å². The summed E-state index contributed by atoms with van der Waals surface area (Å²) in [5.74, 6) is 0. The van der Waals surface area contributed by atoms with Crippen LogP contribution in [0.25, 0.3) is 75.4 Å². The minimum absolute atomic E-state index is 0.934. The van der Waals surface area contributed by atoms with Gasteiger partial charge >= 0.3 is 0 Å². The molecule has 8 rings (SSSR count). The molecule has 172 valence electrons. The maximum Gasteiger partial charge on any atom is 0.0972 e. The number of aromatic nitrogens is 3. The molecule has 0 spiro atoms. The average Bonchev–Trinajstić information content (AvgIpc) is 3.36. The topological polar surface area (TPSA) is 38.7 Å². The molecule has 3 nitrogen and oxygen atoms in total. The van der Waals surface area contributed by atoms with Crippen LogP contribution in [0, 0.1) is 0 Å². The van der Waals surface area contributed by atoms with E-state index in [0.717, 1.165) is 49.8 Å². The first-order valence-electron chi connectivity index (χ1n) is 12.3. The highest BCUT2D eigenvalue weighted by atomic mass is 32.1. The predicted molar refractivity (Wildman–Crippen MR) is 156 cm³/mol. The molecule has 0 aliphatic rings. The van der Waals surface area contributed by atoms with Crippen molar-refractivity contribution >= 4 is 64.2 Å². The van der Waals surface area contributed by atoms with Gasteiger partial charge in [-0.1, -0.05) is 72.8 Å². The van der Waals surface area contributed by atoms with Gasteiger partial charge in [-0.15, -0.1) is 11.3 Å². The lowest BCUT2D eigenvalue weighted by Crippen LogP contribution is -1.89. The first-order valence-corrected chi connectivity index (χ1v) is 13.1. The lowest BCUT2D eigenvalue weighted by atomic mass is 10.0. The second-order valence-corrected chi connectivity index (χ2v) is 10.3. The van der Waals surface area contributed by atoms with Gasteiger partial charge in [-0.05, 0) is 36.4 Å². The van der Waals surface area contributed by atoms with Crippen LogP contribution >= 0.6 is 11.3 Å². The van der Waals surface area contributed by atoms with Gasteiger partial charge in [0.1, 0.15) is 0 Å². The van der Waals surface area contributed by atoms with Gasteiger partial charge in [0.25, 0.3) is 0 Å². The number of rotatable bonds is 2. The molecule has 0 fully saturated rings. The normalized spacial score (nSPS) is 11.8. The van der Waals surface area contributed by atoms with Gasteiger partial charge in [-0.3, -0.25) is 4.98 Å². The predicted octanol–water partition coefficient (Wildman–Crippen LogP) is 9.03. The van der Waals surface area contributed by atoms with Crippen LogP contribution in [0.1, 0.15) is 0 Å². The van der Waals surface area contributed by atoms with Crippen LogP contribution in [0.3, 0.4) is 0 Å². The molecule has 0 N–H and O–H groups in total. The van der Waals surface area contributed by atoms with Gasteiger partial charge in [-0.25, -0.2) is 9.97 Å². The van der Waals surface area contributed by atoms with Crippen molar-refractivity contribution in [1.82, 2.24) is 15.0 Å². The summed E-state index contributed by atoms with van der Waals surface area (Å²) < 4.78 is 2.62. The minimum atomic E-state index is 0.934. The summed E-state index contributed by atoms with van der Waals surface area (Å²) in [6.45, 7) is 0. The van der Waals surface area contributed by atoms with Crippen LogP contribution in [0.4, 0.5) is 0 Å². The van der Waals surface area contributed by atoms with Crippen LogP contribution in [0.15, 0.2) is 115 Å². The Morgan fingerprint density at radius 3 is 2.05 bits per heavy atom. The monoisotopic (exact) mass is 489 g/mol. The zero-order valence-electron chi connectivity index (χ0n) is 19.7. The largest absolute Gasteiger partial charge is 0.254 e. The fraction of sp³-hybridized carbons (Fsp3) is 0. The number of pyridine rings is 3. The van der Waals surface area contributed by atoms with Gasteiger partial charge in [0.2, 0.25) is 0 Å². The third kappa shape index (κ3) is 3.23. The Labute approximate surface area is 216 Å². The highest BCUT2D eigenvalue weighted by Gasteiger charge is 2.11. The summed E-state index contributed by atoms with van der Waals surface area (Å²) in [7, 11) is 0. The summed E-state index contributed by atoms with van der Waals surface area (Å²) in [5, 5.41) is 6.03. The second-order valence-electron chi connectivity index (χ2n) is 9.29. The maximum absolute atomic E-state index is 5.03. The molecule has 4 aromatic heterocycles. The van der Waals surface area contributed by atoms with Crippen molar-refractivity contribution in [2.75, 3.05) is 0 Å². The fourth-order valence-electron chi connectivity index (χ4n) is 5.24. The molecule has 0 atom stereocenters. The summed E-state index contributed by atoms with van der Waals surface area (Å²) in [6, 6.07) is 38.3. The van der Waals surface area contributed by atoms with Crippen LogP contribution in [-0.2, 0) is 0 Å². The molecule has 0 unspecified atom stereocenters. The van der Waals surface area contributed by atoms with E-state index in [-0.39, 0.29) is 0 Å². The van der Waals surface area contributed by atoms with E-state index in [2.05, 4.69) is 108 Å². The van der Waals surface area contributed by atoms with Gasteiger partial charge in [0.05, 0.1) is 27.9 Å². The SMILES string of the molecule is c1cnc2c(c1)ccc1ccc(-c3ccc(-c4ccc5c(ccc6c7ccccc7sc56)n4)cc3)nc12. The third-order valence-electron chi connectivity index (χ3n) is 7.12. The smallest absolute Gasteiger partial charge is 0.0972 e. The third-order valence-corrected chi connectivity index (χ3v) is 8.34. The van der Waals surface area contributed by atoms with Crippen LogP contribution < -0.4 is 0 Å². The quantitative estimate of drug-likeness (QED) is 0.227. The molecular weight excluding hydrogens is 470 g/mol. The van der Waals surface area contributed by atoms with Gasteiger partial charge < -0.3 is 0 Å². The Morgan fingerprint density at radius 2 is 1.19 bits per heavy atom. The number of hydrogen-bond donors (Lipinski definition) is 0. The highest BCUT2D eigenvalue weighted by Crippen LogP contribution is 2.38. The van der Waals surface area contributed by atoms with Crippen molar-refractivity contribution in [3.8, 4) is 22.5 Å². The summed E-state index contributed by atoms with van der Waals surface area (Å²) in [5.41, 5.74) is 6.98. The Morgan fingerprint density at radius 1 is 0.486 bits per heavy atom. The van der Waals surface area contributed by atoms with Crippen molar-refractivity contribution in [3.05, 3.63) is 115 Å². The van der Waals surface area contributed by atoms with E-state index in [9.17, 15) is 0 Å². The summed E-state index contributed by atoms with van der Waals surface area (Å²) in [4.78, 5) is 14.6. The fourth-order valence-corrected chi connectivity index (χ4v) is 6.47. The second kappa shape index (κ2) is 7.92. The molecule has 0 aliphatic heterocycles. The van der Waals surface area contributed by atoms with Gasteiger partial charge in [-0.2, -0.15) is 0 Å². The van der Waals surface area contributed by atoms with E-state index in [1.54, 1.807) is 0 Å². The molecular formula is C33H19N3S. The number of thiophene rings is 1. The van der Waals surface area contributed by atoms with E-state index >= 15 is 0 Å². The molecule has 0 amide bonds. The maximum atomic E-state index is 5.03. The van der Waals surface area contributed by atoms with E-state index in [1.165, 1.54) is 25.6 Å². The molecule has 4 aromatic carbocycles. The molecule has 0 saturated heterocycles. The van der Waals surface area contributed by atoms with Crippen LogP contribution in [-0.4, -0.2) is 15.0 Å². The molecule has 0 aliphatic carbocycles. The highest BCUT2D eigenvalue weighted by molar-refractivity contribution is 7.26. The van der Waals surface area contributed by atoms with Gasteiger partial charge in [0, 0.05) is 53.7 Å². The van der Waals surface area contributed by atoms with Crippen molar-refractivity contribution in [3.63, 3.8) is 0 Å². The summed E-state index contributed by atoms with van der Waals surface area (Å²) >= 11 is 1.84. The average molecular weight is 490 g/mol. The van der Waals surface area contributed by atoms with Crippen LogP contribution in [0.5, 0.6) is 0 Å². The standard InChI is InChI=1S/C33H19N3S/c1-2-6-30-24(5-1)25-14-18-29-26(33(25)37-30)15-17-27(35-29)20-7-9-21(10-8-20)28-16-13-23-12-11-22-4-3-19-34-31(22)32(23)36-28/h1-19H. The van der Waals surface area contributed by atoms with Crippen molar-refractivity contribution in [1.29, 1.82) is 0 Å². The Hall–Kier alpha value is -4.67. The molecule has 4 heteroatoms. The first kappa shape index (κ1) is 20.5. The van der Waals surface area contributed by atoms with Crippen LogP contribution in [0.2, 0.25) is 0 Å². The number of fused-ring (bicyclic) bond motifs is 8. The Kier molecular flexibility index (Phi) is 4.39. The van der Waals surface area contributed by atoms with E-state index < -0.39 is 0 Å². The molecule has 0 radical (unpaired) electrons. The first-order chi connectivity index (χ1) is 18.3. The molecule has 8 aromatic rings. The number of nitrogens with zero attached hydrogens (tertiary/aromatic N) is 3. The van der Waals surface area contributed by atoms with Crippen molar-refractivity contribution < 1.29 is 0 Å². The lowest BCUT2D eigenvalue weighted by Gasteiger charge is -2.08. The van der Waals surface area contributed by atoms with E-state index in [4.69, 9.17) is 9.97 Å². The molecule has 0 bridgehead atoms. The molecule has 0 saturated carbocycles. The van der Waals surface area contributed by atoms with Crippen molar-refractivity contribution in [2.24, 2.45) is 0 Å². The summed E-state index contributed by atoms with van der Waals surface area (Å²) in [6.07, 6.45) is 1.83. The lowest BCUT2D eigenvalue weighted by molar-refractivity contribution is 1.36. The zero-order chi connectivity index (χ0) is 24.3. The number of benzene rings is 4. The van der Waals surface area contributed by atoms with Crippen molar-refractivity contribution in [2.45, 2.75) is 0 Å². The minimum Gasteiger partial charge on any atom is -0.254 e. The number of hydrogen-bond acceptors (Lipinski definition) is 4. The molecule has 4 heterocycles. The Balaban J connectivity index is 1.19. The van der Waals surface area contributed by atoms with E-state index in [1.807, 2.05) is 23.6 Å².